The Morgan fingerprint density at radius 1 is 1.29 bits per heavy atom. The number of benzene rings is 1. The van der Waals surface area contributed by atoms with Crippen LogP contribution in [0.2, 0.25) is 0 Å². The van der Waals surface area contributed by atoms with Crippen LogP contribution in [-0.2, 0) is 0 Å². The molecule has 2 saturated heterocycles. The molecule has 2 N–H and O–H groups in total. The van der Waals surface area contributed by atoms with Gasteiger partial charge in [-0.2, -0.15) is 0 Å². The summed E-state index contributed by atoms with van der Waals surface area (Å²) in [5.74, 6) is 0.415. The van der Waals surface area contributed by atoms with Crippen LogP contribution in [-0.4, -0.2) is 42.7 Å². The molecule has 2 unspecified atom stereocenters. The maximum Gasteiger partial charge on any atom is 0.0819 e. The first kappa shape index (κ1) is 15.0. The zero-order valence-corrected chi connectivity index (χ0v) is 13.1. The first-order chi connectivity index (χ1) is 10.2. The summed E-state index contributed by atoms with van der Waals surface area (Å²) in [4.78, 5) is 2.60. The first-order valence-corrected chi connectivity index (χ1v) is 8.32. The average molecular weight is 288 g/mol. The quantitative estimate of drug-likeness (QED) is 0.893. The largest absolute Gasteiger partial charge is 0.388 e. The molecule has 3 rings (SSSR count). The van der Waals surface area contributed by atoms with Gasteiger partial charge in [-0.3, -0.25) is 0 Å². The fourth-order valence-electron chi connectivity index (χ4n) is 3.89. The lowest BCUT2D eigenvalue weighted by molar-refractivity contribution is 0.0474. The summed E-state index contributed by atoms with van der Waals surface area (Å²) in [5, 5.41) is 14.0. The van der Waals surface area contributed by atoms with Crippen molar-refractivity contribution in [2.24, 2.45) is 11.3 Å². The molecule has 116 valence electrons. The van der Waals surface area contributed by atoms with Crippen LogP contribution in [0.15, 0.2) is 30.3 Å². The molecule has 21 heavy (non-hydrogen) atoms. The van der Waals surface area contributed by atoms with Crippen molar-refractivity contribution in [1.29, 1.82) is 0 Å². The monoisotopic (exact) mass is 288 g/mol. The molecule has 1 aromatic carbocycles. The Bertz CT molecular complexity index is 434. The van der Waals surface area contributed by atoms with Crippen molar-refractivity contribution in [3.8, 4) is 0 Å². The second-order valence-corrected chi connectivity index (χ2v) is 7.21. The molecule has 0 aromatic heterocycles. The van der Waals surface area contributed by atoms with Gasteiger partial charge in [0.15, 0.2) is 0 Å². The number of nitrogens with one attached hydrogen (secondary N) is 1. The minimum Gasteiger partial charge on any atom is -0.388 e. The van der Waals surface area contributed by atoms with Crippen LogP contribution < -0.4 is 5.32 Å². The standard InChI is InChI=1S/C18H28N2O/c1-18(9-10-19-13-18)14-20-11-7-16(8-12-20)17(21)15-5-3-2-4-6-15/h2-6,16-17,19,21H,7-14H2,1H3. The number of likely N-dealkylation sites (tertiary alicyclic amines) is 1. The van der Waals surface area contributed by atoms with E-state index in [9.17, 15) is 5.11 Å². The highest BCUT2D eigenvalue weighted by molar-refractivity contribution is 5.18. The molecule has 2 atom stereocenters. The minimum atomic E-state index is -0.294. The molecule has 2 aliphatic heterocycles. The zero-order chi connectivity index (χ0) is 14.7. The van der Waals surface area contributed by atoms with Gasteiger partial charge in [0.25, 0.3) is 0 Å². The number of piperidine rings is 1. The van der Waals surface area contributed by atoms with Crippen LogP contribution in [0.4, 0.5) is 0 Å². The van der Waals surface area contributed by atoms with Gasteiger partial charge in [-0.25, -0.2) is 0 Å². The van der Waals surface area contributed by atoms with E-state index in [1.165, 1.54) is 19.5 Å². The van der Waals surface area contributed by atoms with Crippen LogP contribution in [0.3, 0.4) is 0 Å². The lowest BCUT2D eigenvalue weighted by Gasteiger charge is -2.38. The topological polar surface area (TPSA) is 35.5 Å². The Hall–Kier alpha value is -0.900. The predicted molar refractivity (Wildman–Crippen MR) is 86.2 cm³/mol. The molecular weight excluding hydrogens is 260 g/mol. The van der Waals surface area contributed by atoms with Gasteiger partial charge in [0.2, 0.25) is 0 Å². The van der Waals surface area contributed by atoms with Crippen LogP contribution in [0.1, 0.15) is 37.9 Å². The second kappa shape index (κ2) is 6.47. The first-order valence-electron chi connectivity index (χ1n) is 8.32. The Kier molecular flexibility index (Phi) is 4.63. The van der Waals surface area contributed by atoms with Crippen molar-refractivity contribution in [3.05, 3.63) is 35.9 Å². The Morgan fingerprint density at radius 2 is 2.00 bits per heavy atom. The summed E-state index contributed by atoms with van der Waals surface area (Å²) in [6.45, 7) is 8.18. The van der Waals surface area contributed by atoms with Gasteiger partial charge < -0.3 is 15.3 Å². The van der Waals surface area contributed by atoms with Crippen molar-refractivity contribution < 1.29 is 5.11 Å². The van der Waals surface area contributed by atoms with E-state index in [-0.39, 0.29) is 6.10 Å². The number of hydrogen-bond donors (Lipinski definition) is 2. The molecule has 2 aliphatic rings. The van der Waals surface area contributed by atoms with Crippen LogP contribution in [0.25, 0.3) is 0 Å². The number of nitrogens with zero attached hydrogens (tertiary/aromatic N) is 1. The molecule has 2 heterocycles. The number of aliphatic hydroxyl groups is 1. The van der Waals surface area contributed by atoms with Gasteiger partial charge in [-0.15, -0.1) is 0 Å². The summed E-state index contributed by atoms with van der Waals surface area (Å²) in [6, 6.07) is 10.1. The summed E-state index contributed by atoms with van der Waals surface area (Å²) < 4.78 is 0. The molecule has 0 amide bonds. The van der Waals surface area contributed by atoms with Gasteiger partial charge in [-0.1, -0.05) is 37.3 Å². The van der Waals surface area contributed by atoms with Crippen molar-refractivity contribution in [3.63, 3.8) is 0 Å². The highest BCUT2D eigenvalue weighted by Gasteiger charge is 2.33. The third-order valence-electron chi connectivity index (χ3n) is 5.28. The summed E-state index contributed by atoms with van der Waals surface area (Å²) in [7, 11) is 0. The third-order valence-corrected chi connectivity index (χ3v) is 5.28. The van der Waals surface area contributed by atoms with Gasteiger partial charge in [-0.05, 0) is 55.8 Å². The summed E-state index contributed by atoms with van der Waals surface area (Å²) >= 11 is 0. The van der Waals surface area contributed by atoms with E-state index in [2.05, 4.69) is 17.1 Å². The number of rotatable bonds is 4. The van der Waals surface area contributed by atoms with Crippen LogP contribution in [0.5, 0.6) is 0 Å². The molecule has 0 spiro atoms. The average Bonchev–Trinajstić information content (AvgIpc) is 2.94. The van der Waals surface area contributed by atoms with Crippen molar-refractivity contribution in [1.82, 2.24) is 10.2 Å². The Labute approximate surface area is 128 Å². The summed E-state index contributed by atoms with van der Waals surface area (Å²) in [6.07, 6.45) is 3.22. The van der Waals surface area contributed by atoms with E-state index in [0.29, 0.717) is 11.3 Å². The molecule has 0 aliphatic carbocycles. The normalized spacial score (nSPS) is 29.6. The third kappa shape index (κ3) is 3.65. The molecule has 1 aromatic rings. The van der Waals surface area contributed by atoms with E-state index in [1.54, 1.807) is 0 Å². The molecule has 3 nitrogen and oxygen atoms in total. The van der Waals surface area contributed by atoms with Gasteiger partial charge >= 0.3 is 0 Å². The second-order valence-electron chi connectivity index (χ2n) is 7.21. The van der Waals surface area contributed by atoms with E-state index in [0.717, 1.165) is 38.0 Å². The van der Waals surface area contributed by atoms with Gasteiger partial charge in [0, 0.05) is 13.1 Å². The number of aliphatic hydroxyl groups excluding tert-OH is 1. The van der Waals surface area contributed by atoms with Gasteiger partial charge in [0.1, 0.15) is 0 Å². The maximum atomic E-state index is 10.5. The SMILES string of the molecule is CC1(CN2CCC(C(O)c3ccccc3)CC2)CCNC1. The fourth-order valence-corrected chi connectivity index (χ4v) is 3.89. The maximum absolute atomic E-state index is 10.5. The highest BCUT2D eigenvalue weighted by Crippen LogP contribution is 2.33. The van der Waals surface area contributed by atoms with E-state index in [1.807, 2.05) is 30.3 Å². The van der Waals surface area contributed by atoms with Crippen molar-refractivity contribution >= 4 is 0 Å². The molecule has 0 bridgehead atoms. The minimum absolute atomic E-state index is 0.294. The Morgan fingerprint density at radius 3 is 2.62 bits per heavy atom. The fraction of sp³-hybridized carbons (Fsp3) is 0.667. The molecule has 0 radical (unpaired) electrons. The van der Waals surface area contributed by atoms with Gasteiger partial charge in [0.05, 0.1) is 6.10 Å². The molecule has 0 saturated carbocycles. The van der Waals surface area contributed by atoms with Crippen LogP contribution >= 0.6 is 0 Å². The number of hydrogen-bond acceptors (Lipinski definition) is 3. The van der Waals surface area contributed by atoms with Crippen molar-refractivity contribution in [2.45, 2.75) is 32.3 Å². The Balaban J connectivity index is 1.51. The predicted octanol–water partition coefficient (Wildman–Crippen LogP) is 2.43. The van der Waals surface area contributed by atoms with E-state index < -0.39 is 0 Å². The lowest BCUT2D eigenvalue weighted by Crippen LogP contribution is -2.42. The molecular formula is C18H28N2O. The summed E-state index contributed by atoms with van der Waals surface area (Å²) in [5.41, 5.74) is 1.52. The van der Waals surface area contributed by atoms with Crippen LogP contribution in [0, 0.1) is 11.3 Å². The molecule has 3 heteroatoms. The lowest BCUT2D eigenvalue weighted by atomic mass is 9.85. The van der Waals surface area contributed by atoms with E-state index >= 15 is 0 Å². The highest BCUT2D eigenvalue weighted by atomic mass is 16.3. The van der Waals surface area contributed by atoms with E-state index in [4.69, 9.17) is 0 Å². The smallest absolute Gasteiger partial charge is 0.0819 e. The van der Waals surface area contributed by atoms with Crippen molar-refractivity contribution in [2.75, 3.05) is 32.7 Å². The zero-order valence-electron chi connectivity index (χ0n) is 13.1. The molecule has 2 fully saturated rings.